The molecule has 30 heavy (non-hydrogen) atoms. The molecular formula is C21H19N5O3S. The highest BCUT2D eigenvalue weighted by molar-refractivity contribution is 7.99. The SMILES string of the molecule is COc1ccccc1NC(=O)CSc1nc2c(cnn2-c2ccccc2C)c(=O)[nH]1. The van der Waals surface area contributed by atoms with Gasteiger partial charge in [0.15, 0.2) is 10.8 Å². The van der Waals surface area contributed by atoms with Crippen LogP contribution in [-0.4, -0.2) is 38.5 Å². The highest BCUT2D eigenvalue weighted by Gasteiger charge is 2.14. The number of aryl methyl sites for hydroxylation is 1. The van der Waals surface area contributed by atoms with Crippen LogP contribution in [0.5, 0.6) is 5.75 Å². The molecule has 4 aromatic rings. The number of rotatable bonds is 6. The number of hydrogen-bond donors (Lipinski definition) is 2. The molecule has 0 saturated heterocycles. The first-order valence-corrected chi connectivity index (χ1v) is 10.1. The van der Waals surface area contributed by atoms with Crippen LogP contribution in [0.3, 0.4) is 0 Å². The van der Waals surface area contributed by atoms with E-state index in [0.717, 1.165) is 23.0 Å². The van der Waals surface area contributed by atoms with Crippen molar-refractivity contribution >= 4 is 34.4 Å². The van der Waals surface area contributed by atoms with E-state index < -0.39 is 0 Å². The molecule has 0 atom stereocenters. The second-order valence-electron chi connectivity index (χ2n) is 6.49. The maximum Gasteiger partial charge on any atom is 0.262 e. The standard InChI is InChI=1S/C21H19N5O3S/c1-13-7-3-5-9-16(13)26-19-14(11-22-26)20(28)25-21(24-19)30-12-18(27)23-15-8-4-6-10-17(15)29-2/h3-11H,12H2,1-2H3,(H,23,27)(H,24,25,28). The summed E-state index contributed by atoms with van der Waals surface area (Å²) in [4.78, 5) is 32.1. The van der Waals surface area contributed by atoms with Gasteiger partial charge in [-0.3, -0.25) is 9.59 Å². The van der Waals surface area contributed by atoms with E-state index in [0.29, 0.717) is 27.6 Å². The van der Waals surface area contributed by atoms with Crippen LogP contribution < -0.4 is 15.6 Å². The molecule has 0 radical (unpaired) electrons. The number of ether oxygens (including phenoxy) is 1. The normalized spacial score (nSPS) is 10.9. The molecule has 0 spiro atoms. The van der Waals surface area contributed by atoms with Crippen molar-refractivity contribution in [2.75, 3.05) is 18.2 Å². The second kappa shape index (κ2) is 8.42. The van der Waals surface area contributed by atoms with Crippen LogP contribution in [-0.2, 0) is 4.79 Å². The Kier molecular flexibility index (Phi) is 5.53. The molecule has 9 heteroatoms. The lowest BCUT2D eigenvalue weighted by Crippen LogP contribution is -2.16. The number of thioether (sulfide) groups is 1. The molecule has 0 saturated carbocycles. The van der Waals surface area contributed by atoms with Gasteiger partial charge in [-0.2, -0.15) is 5.10 Å². The van der Waals surface area contributed by atoms with Crippen molar-refractivity contribution in [3.8, 4) is 11.4 Å². The third kappa shape index (κ3) is 3.92. The predicted molar refractivity (Wildman–Crippen MR) is 117 cm³/mol. The quantitative estimate of drug-likeness (QED) is 0.366. The fraction of sp³-hybridized carbons (Fsp3) is 0.143. The topological polar surface area (TPSA) is 102 Å². The molecule has 4 rings (SSSR count). The summed E-state index contributed by atoms with van der Waals surface area (Å²) in [5, 5.41) is 7.87. The smallest absolute Gasteiger partial charge is 0.262 e. The van der Waals surface area contributed by atoms with E-state index in [2.05, 4.69) is 20.4 Å². The Balaban J connectivity index is 1.56. The Morgan fingerprint density at radius 3 is 2.77 bits per heavy atom. The lowest BCUT2D eigenvalue weighted by Gasteiger charge is -2.09. The monoisotopic (exact) mass is 421 g/mol. The summed E-state index contributed by atoms with van der Waals surface area (Å²) in [7, 11) is 1.54. The number of carbonyl (C=O) groups excluding carboxylic acids is 1. The molecule has 0 fully saturated rings. The number of aromatic nitrogens is 4. The number of aromatic amines is 1. The van der Waals surface area contributed by atoms with E-state index in [4.69, 9.17) is 4.74 Å². The molecule has 2 aromatic heterocycles. The number of carbonyl (C=O) groups is 1. The summed E-state index contributed by atoms with van der Waals surface area (Å²) in [6.07, 6.45) is 1.50. The highest BCUT2D eigenvalue weighted by Crippen LogP contribution is 2.24. The van der Waals surface area contributed by atoms with Crippen molar-refractivity contribution in [2.24, 2.45) is 0 Å². The molecule has 0 aliphatic rings. The van der Waals surface area contributed by atoms with Gasteiger partial charge in [-0.25, -0.2) is 9.67 Å². The molecule has 1 amide bonds. The molecule has 152 valence electrons. The van der Waals surface area contributed by atoms with E-state index in [9.17, 15) is 9.59 Å². The molecule has 0 aliphatic carbocycles. The number of H-pyrrole nitrogens is 1. The van der Waals surface area contributed by atoms with E-state index in [1.54, 1.807) is 23.9 Å². The molecule has 0 aliphatic heterocycles. The molecule has 0 unspecified atom stereocenters. The highest BCUT2D eigenvalue weighted by atomic mass is 32.2. The van der Waals surface area contributed by atoms with Crippen LogP contribution >= 0.6 is 11.8 Å². The first kappa shape index (κ1) is 19.7. The van der Waals surface area contributed by atoms with Crippen LogP contribution in [0.25, 0.3) is 16.7 Å². The van der Waals surface area contributed by atoms with Gasteiger partial charge in [0.1, 0.15) is 11.1 Å². The molecule has 2 aromatic carbocycles. The molecular weight excluding hydrogens is 402 g/mol. The molecule has 8 nitrogen and oxygen atoms in total. The van der Waals surface area contributed by atoms with Crippen molar-refractivity contribution in [2.45, 2.75) is 12.1 Å². The number of methoxy groups -OCH3 is 1. The van der Waals surface area contributed by atoms with Gasteiger partial charge in [0.25, 0.3) is 5.56 Å². The largest absolute Gasteiger partial charge is 0.495 e. The van der Waals surface area contributed by atoms with Crippen LogP contribution in [0.4, 0.5) is 5.69 Å². The number of nitrogens with one attached hydrogen (secondary N) is 2. The summed E-state index contributed by atoms with van der Waals surface area (Å²) in [5.74, 6) is 0.413. The van der Waals surface area contributed by atoms with Gasteiger partial charge in [-0.05, 0) is 30.7 Å². The van der Waals surface area contributed by atoms with Gasteiger partial charge in [-0.1, -0.05) is 42.1 Å². The number of nitrogens with zero attached hydrogens (tertiary/aromatic N) is 3. The molecule has 2 N–H and O–H groups in total. The summed E-state index contributed by atoms with van der Waals surface area (Å²) in [6.45, 7) is 1.97. The van der Waals surface area contributed by atoms with Crippen LogP contribution in [0.15, 0.2) is 64.7 Å². The zero-order valence-corrected chi connectivity index (χ0v) is 17.2. The summed E-state index contributed by atoms with van der Waals surface area (Å²) in [5.41, 5.74) is 2.58. The fourth-order valence-corrected chi connectivity index (χ4v) is 3.67. The lowest BCUT2D eigenvalue weighted by atomic mass is 10.2. The summed E-state index contributed by atoms with van der Waals surface area (Å²) < 4.78 is 6.88. The van der Waals surface area contributed by atoms with Crippen molar-refractivity contribution in [1.82, 2.24) is 19.7 Å². The summed E-state index contributed by atoms with van der Waals surface area (Å²) in [6, 6.07) is 14.9. The number of anilines is 1. The minimum atomic E-state index is -0.299. The number of benzene rings is 2. The number of para-hydroxylation sites is 3. The number of hydrogen-bond acceptors (Lipinski definition) is 6. The van der Waals surface area contributed by atoms with E-state index in [1.165, 1.54) is 6.20 Å². The zero-order valence-electron chi connectivity index (χ0n) is 16.4. The molecule has 0 bridgehead atoms. The van der Waals surface area contributed by atoms with Gasteiger partial charge in [0.2, 0.25) is 5.91 Å². The van der Waals surface area contributed by atoms with Crippen molar-refractivity contribution in [3.05, 3.63) is 70.6 Å². The second-order valence-corrected chi connectivity index (χ2v) is 7.45. The molecule has 2 heterocycles. The van der Waals surface area contributed by atoms with Crippen LogP contribution in [0.1, 0.15) is 5.56 Å². The van der Waals surface area contributed by atoms with Gasteiger partial charge in [0.05, 0.1) is 30.4 Å². The maximum atomic E-state index is 12.5. The number of fused-ring (bicyclic) bond motifs is 1. The van der Waals surface area contributed by atoms with Crippen LogP contribution in [0, 0.1) is 6.92 Å². The van der Waals surface area contributed by atoms with Crippen molar-refractivity contribution in [1.29, 1.82) is 0 Å². The minimum absolute atomic E-state index is 0.0744. The van der Waals surface area contributed by atoms with Crippen LogP contribution in [0.2, 0.25) is 0 Å². The Hall–Kier alpha value is -3.59. The van der Waals surface area contributed by atoms with Gasteiger partial charge in [0, 0.05) is 0 Å². The van der Waals surface area contributed by atoms with E-state index in [1.807, 2.05) is 43.3 Å². The minimum Gasteiger partial charge on any atom is -0.495 e. The Labute approximate surface area is 176 Å². The number of amides is 1. The predicted octanol–water partition coefficient (Wildman–Crippen LogP) is 3.16. The van der Waals surface area contributed by atoms with E-state index in [-0.39, 0.29) is 17.2 Å². The average molecular weight is 421 g/mol. The third-order valence-electron chi connectivity index (χ3n) is 4.48. The van der Waals surface area contributed by atoms with Gasteiger partial charge >= 0.3 is 0 Å². The fourth-order valence-electron chi connectivity index (χ4n) is 3.01. The average Bonchev–Trinajstić information content (AvgIpc) is 3.17. The summed E-state index contributed by atoms with van der Waals surface area (Å²) >= 11 is 1.14. The van der Waals surface area contributed by atoms with Crippen molar-refractivity contribution < 1.29 is 9.53 Å². The first-order chi connectivity index (χ1) is 14.6. The third-order valence-corrected chi connectivity index (χ3v) is 5.35. The Bertz CT molecular complexity index is 1280. The first-order valence-electron chi connectivity index (χ1n) is 9.16. The zero-order chi connectivity index (χ0) is 21.1. The Morgan fingerprint density at radius 2 is 1.97 bits per heavy atom. The van der Waals surface area contributed by atoms with Gasteiger partial charge < -0.3 is 15.0 Å². The van der Waals surface area contributed by atoms with E-state index >= 15 is 0 Å². The maximum absolute atomic E-state index is 12.5. The van der Waals surface area contributed by atoms with Gasteiger partial charge in [-0.15, -0.1) is 0 Å². The van der Waals surface area contributed by atoms with Crippen molar-refractivity contribution in [3.63, 3.8) is 0 Å². The Morgan fingerprint density at radius 1 is 1.20 bits per heavy atom. The lowest BCUT2D eigenvalue weighted by molar-refractivity contribution is -0.113.